The number of hydrogen-bond donors (Lipinski definition) is 0. The van der Waals surface area contributed by atoms with Crippen molar-refractivity contribution in [3.8, 4) is 5.75 Å². The third kappa shape index (κ3) is 3.82. The van der Waals surface area contributed by atoms with Gasteiger partial charge in [-0.3, -0.25) is 24.1 Å². The van der Waals surface area contributed by atoms with Gasteiger partial charge in [0, 0.05) is 42.6 Å². The lowest BCUT2D eigenvalue weighted by Gasteiger charge is -2.44. The number of aryl methyl sites for hydroxylation is 1. The minimum atomic E-state index is -0.642. The van der Waals surface area contributed by atoms with Crippen LogP contribution in [0.1, 0.15) is 86.5 Å². The number of ether oxygens (including phenoxy) is 1. The lowest BCUT2D eigenvalue weighted by Crippen LogP contribution is -2.52. The molecule has 2 aromatic carbocycles. The molecule has 0 aromatic heterocycles. The van der Waals surface area contributed by atoms with Crippen molar-refractivity contribution in [3.63, 3.8) is 0 Å². The lowest BCUT2D eigenvalue weighted by molar-refractivity contribution is -0.00619. The first-order valence-electron chi connectivity index (χ1n) is 12.0. The van der Waals surface area contributed by atoms with E-state index < -0.39 is 5.60 Å². The molecule has 1 unspecified atom stereocenters. The van der Waals surface area contributed by atoms with Crippen molar-refractivity contribution in [2.24, 2.45) is 0 Å². The fourth-order valence-corrected chi connectivity index (χ4v) is 5.54. The van der Waals surface area contributed by atoms with E-state index in [1.807, 2.05) is 20.8 Å². The topological polar surface area (TPSA) is 84.0 Å². The average Bonchev–Trinajstić information content (AvgIpc) is 3.09. The van der Waals surface area contributed by atoms with Crippen molar-refractivity contribution in [3.05, 3.63) is 63.2 Å². The molecule has 3 aliphatic rings. The Morgan fingerprint density at radius 3 is 2.43 bits per heavy atom. The number of piperidine rings is 1. The summed E-state index contributed by atoms with van der Waals surface area (Å²) in [5.74, 6) is -0.276. The summed E-state index contributed by atoms with van der Waals surface area (Å²) in [7, 11) is 0. The predicted octanol–water partition coefficient (Wildman–Crippen LogP) is 4.68. The quantitative estimate of drug-likeness (QED) is 0.578. The number of benzene rings is 2. The van der Waals surface area contributed by atoms with Gasteiger partial charge < -0.3 is 9.64 Å². The maximum absolute atomic E-state index is 13.3. The molecule has 8 heteroatoms. The van der Waals surface area contributed by atoms with Crippen molar-refractivity contribution >= 4 is 35.1 Å². The van der Waals surface area contributed by atoms with Gasteiger partial charge in [0.2, 0.25) is 0 Å². The third-order valence-electron chi connectivity index (χ3n) is 7.50. The number of amides is 3. The molecule has 1 spiro atoms. The fourth-order valence-electron chi connectivity index (χ4n) is 5.27. The standard InChI is InChI=1S/C27H27ClN2O5/c1-4-16(3)30-25(33)19-6-5-17(12-20(19)26(30)34)24(32)29-9-7-27(8-10-29)14-22(31)21-13-18(28)11-15(2)23(21)35-27/h5-6,11-13,16H,4,7-10,14H2,1-3H3. The normalized spacial score (nSPS) is 19.5. The van der Waals surface area contributed by atoms with Gasteiger partial charge in [0.15, 0.2) is 5.78 Å². The number of fused-ring (bicyclic) bond motifs is 2. The van der Waals surface area contributed by atoms with Crippen molar-refractivity contribution in [1.82, 2.24) is 9.80 Å². The molecular formula is C27H27ClN2O5. The van der Waals surface area contributed by atoms with Gasteiger partial charge in [-0.2, -0.15) is 0 Å². The number of hydrogen-bond acceptors (Lipinski definition) is 5. The van der Waals surface area contributed by atoms with E-state index in [-0.39, 0.29) is 41.5 Å². The first-order valence-corrected chi connectivity index (χ1v) is 12.4. The summed E-state index contributed by atoms with van der Waals surface area (Å²) in [6.07, 6.45) is 1.96. The van der Waals surface area contributed by atoms with Crippen LogP contribution in [0.3, 0.4) is 0 Å². The molecule has 1 saturated heterocycles. The second-order valence-electron chi connectivity index (χ2n) is 9.77. The number of carbonyl (C=O) groups excluding carboxylic acids is 4. The molecule has 0 aliphatic carbocycles. The molecule has 1 fully saturated rings. The van der Waals surface area contributed by atoms with E-state index in [9.17, 15) is 19.2 Å². The van der Waals surface area contributed by atoms with E-state index >= 15 is 0 Å². The van der Waals surface area contributed by atoms with Crippen LogP contribution < -0.4 is 4.74 Å². The SMILES string of the molecule is CCC(C)N1C(=O)c2ccc(C(=O)N3CCC4(CC3)CC(=O)c3cc(Cl)cc(C)c3O4)cc2C1=O. The average molecular weight is 495 g/mol. The summed E-state index contributed by atoms with van der Waals surface area (Å²) in [5.41, 5.74) is 1.69. The van der Waals surface area contributed by atoms with Crippen molar-refractivity contribution in [2.45, 2.75) is 58.1 Å². The Hall–Kier alpha value is -3.19. The van der Waals surface area contributed by atoms with E-state index in [1.54, 1.807) is 29.2 Å². The Morgan fingerprint density at radius 2 is 1.74 bits per heavy atom. The van der Waals surface area contributed by atoms with E-state index in [0.29, 0.717) is 59.8 Å². The van der Waals surface area contributed by atoms with Crippen LogP contribution in [0.15, 0.2) is 30.3 Å². The van der Waals surface area contributed by atoms with Gasteiger partial charge in [-0.1, -0.05) is 18.5 Å². The highest BCUT2D eigenvalue weighted by molar-refractivity contribution is 6.31. The molecule has 0 saturated carbocycles. The second kappa shape index (κ2) is 8.48. The van der Waals surface area contributed by atoms with Crippen LogP contribution in [-0.4, -0.2) is 58.0 Å². The first-order chi connectivity index (χ1) is 16.6. The summed E-state index contributed by atoms with van der Waals surface area (Å²) < 4.78 is 6.38. The van der Waals surface area contributed by atoms with Gasteiger partial charge >= 0.3 is 0 Å². The zero-order chi connectivity index (χ0) is 25.1. The summed E-state index contributed by atoms with van der Waals surface area (Å²) in [6.45, 7) is 6.49. The van der Waals surface area contributed by atoms with Crippen LogP contribution in [0.2, 0.25) is 5.02 Å². The Balaban J connectivity index is 1.32. The molecule has 182 valence electrons. The Bertz CT molecular complexity index is 1280. The van der Waals surface area contributed by atoms with Gasteiger partial charge in [0.05, 0.1) is 23.1 Å². The number of Topliss-reactive ketones (excluding diaryl/α,β-unsaturated/α-hetero) is 1. The van der Waals surface area contributed by atoms with Crippen LogP contribution in [0.25, 0.3) is 0 Å². The minimum absolute atomic E-state index is 0.00397. The fraction of sp³-hybridized carbons (Fsp3) is 0.407. The van der Waals surface area contributed by atoms with E-state index in [2.05, 4.69) is 0 Å². The smallest absolute Gasteiger partial charge is 0.261 e. The third-order valence-corrected chi connectivity index (χ3v) is 7.72. The molecule has 3 amide bonds. The summed E-state index contributed by atoms with van der Waals surface area (Å²) in [4.78, 5) is 54.7. The van der Waals surface area contributed by atoms with E-state index in [4.69, 9.17) is 16.3 Å². The molecule has 0 N–H and O–H groups in total. The highest BCUT2D eigenvalue weighted by Gasteiger charge is 2.45. The molecule has 0 bridgehead atoms. The summed E-state index contributed by atoms with van der Waals surface area (Å²) >= 11 is 6.13. The van der Waals surface area contributed by atoms with Crippen molar-refractivity contribution in [2.75, 3.05) is 13.1 Å². The maximum atomic E-state index is 13.3. The highest BCUT2D eigenvalue weighted by Crippen LogP contribution is 2.42. The molecule has 3 aliphatic heterocycles. The first kappa shape index (κ1) is 23.5. The summed E-state index contributed by atoms with van der Waals surface area (Å²) in [6, 6.07) is 7.95. The van der Waals surface area contributed by atoms with Crippen LogP contribution in [0.4, 0.5) is 0 Å². The summed E-state index contributed by atoms with van der Waals surface area (Å²) in [5, 5.41) is 0.511. The van der Waals surface area contributed by atoms with Gasteiger partial charge in [0.1, 0.15) is 11.4 Å². The zero-order valence-electron chi connectivity index (χ0n) is 20.0. The van der Waals surface area contributed by atoms with Gasteiger partial charge in [-0.05, 0) is 56.2 Å². The molecule has 7 nitrogen and oxygen atoms in total. The molecule has 5 rings (SSSR count). The number of nitrogens with zero attached hydrogens (tertiary/aromatic N) is 2. The highest BCUT2D eigenvalue weighted by atomic mass is 35.5. The monoisotopic (exact) mass is 494 g/mol. The van der Waals surface area contributed by atoms with E-state index in [1.165, 1.54) is 11.0 Å². The Kier molecular flexibility index (Phi) is 5.71. The number of halogens is 1. The molecule has 35 heavy (non-hydrogen) atoms. The number of rotatable bonds is 3. The molecule has 3 heterocycles. The van der Waals surface area contributed by atoms with E-state index in [0.717, 1.165) is 5.56 Å². The Labute approximate surface area is 209 Å². The van der Waals surface area contributed by atoms with Gasteiger partial charge in [-0.25, -0.2) is 0 Å². The zero-order valence-corrected chi connectivity index (χ0v) is 20.8. The second-order valence-corrected chi connectivity index (χ2v) is 10.2. The van der Waals surface area contributed by atoms with Gasteiger partial charge in [0.25, 0.3) is 17.7 Å². The lowest BCUT2D eigenvalue weighted by atomic mass is 9.82. The van der Waals surface area contributed by atoms with Crippen LogP contribution in [-0.2, 0) is 0 Å². The molecule has 1 atom stereocenters. The van der Waals surface area contributed by atoms with Crippen molar-refractivity contribution < 1.29 is 23.9 Å². The molecule has 2 aromatic rings. The molecule has 0 radical (unpaired) electrons. The van der Waals surface area contributed by atoms with Crippen LogP contribution in [0, 0.1) is 6.92 Å². The van der Waals surface area contributed by atoms with Gasteiger partial charge in [-0.15, -0.1) is 0 Å². The Morgan fingerprint density at radius 1 is 1.06 bits per heavy atom. The number of imide groups is 1. The predicted molar refractivity (Wildman–Crippen MR) is 130 cm³/mol. The van der Waals surface area contributed by atoms with Crippen LogP contribution in [0.5, 0.6) is 5.75 Å². The van der Waals surface area contributed by atoms with Crippen molar-refractivity contribution in [1.29, 1.82) is 0 Å². The number of likely N-dealkylation sites (tertiary alicyclic amines) is 1. The van der Waals surface area contributed by atoms with Crippen LogP contribution >= 0.6 is 11.6 Å². The largest absolute Gasteiger partial charge is 0.486 e. The molecular weight excluding hydrogens is 468 g/mol. The maximum Gasteiger partial charge on any atom is 0.261 e. The number of ketones is 1. The minimum Gasteiger partial charge on any atom is -0.486 e. The number of carbonyl (C=O) groups is 4.